The molecule has 0 aliphatic heterocycles. The number of aryl methyl sites for hydroxylation is 1. The molecule has 1 N–H and O–H groups in total. The van der Waals surface area contributed by atoms with Gasteiger partial charge in [0.2, 0.25) is 0 Å². The van der Waals surface area contributed by atoms with Crippen molar-refractivity contribution in [3.05, 3.63) is 18.2 Å². The number of rotatable bonds is 3. The van der Waals surface area contributed by atoms with Crippen LogP contribution in [0.2, 0.25) is 0 Å². The SMILES string of the molecule is Cn1cncc1CNC1CC[C@@H]2C[C@H]12. The van der Waals surface area contributed by atoms with Crippen LogP contribution in [0.1, 0.15) is 25.0 Å². The third-order valence-electron chi connectivity index (χ3n) is 3.80. The molecule has 3 heteroatoms. The minimum absolute atomic E-state index is 0.787. The zero-order valence-corrected chi connectivity index (χ0v) is 8.61. The quantitative estimate of drug-likeness (QED) is 0.780. The molecule has 2 aliphatic rings. The topological polar surface area (TPSA) is 29.9 Å². The number of nitrogens with one attached hydrogen (secondary N) is 1. The minimum Gasteiger partial charge on any atom is -0.337 e. The van der Waals surface area contributed by atoms with Gasteiger partial charge < -0.3 is 9.88 Å². The Morgan fingerprint density at radius 2 is 2.50 bits per heavy atom. The van der Waals surface area contributed by atoms with Gasteiger partial charge in [0.25, 0.3) is 0 Å². The van der Waals surface area contributed by atoms with Gasteiger partial charge in [-0.1, -0.05) is 0 Å². The first kappa shape index (κ1) is 8.48. The van der Waals surface area contributed by atoms with Crippen LogP contribution < -0.4 is 5.32 Å². The highest BCUT2D eigenvalue weighted by Gasteiger charge is 2.47. The molecule has 2 fully saturated rings. The second-order valence-electron chi connectivity index (χ2n) is 4.72. The van der Waals surface area contributed by atoms with Gasteiger partial charge >= 0.3 is 0 Å². The normalized spacial score (nSPS) is 34.5. The van der Waals surface area contributed by atoms with E-state index in [4.69, 9.17) is 0 Å². The molecule has 14 heavy (non-hydrogen) atoms. The van der Waals surface area contributed by atoms with Crippen LogP contribution >= 0.6 is 0 Å². The average molecular weight is 191 g/mol. The number of hydrogen-bond acceptors (Lipinski definition) is 2. The van der Waals surface area contributed by atoms with Gasteiger partial charge in [-0.25, -0.2) is 4.98 Å². The Hall–Kier alpha value is -0.830. The molecule has 0 saturated heterocycles. The van der Waals surface area contributed by atoms with E-state index in [1.165, 1.54) is 25.0 Å². The van der Waals surface area contributed by atoms with Crippen LogP contribution in [0.3, 0.4) is 0 Å². The average Bonchev–Trinajstić information content (AvgIpc) is 2.68. The molecule has 3 nitrogen and oxygen atoms in total. The third kappa shape index (κ3) is 1.36. The van der Waals surface area contributed by atoms with E-state index in [1.807, 2.05) is 12.5 Å². The Balaban J connectivity index is 1.56. The zero-order valence-electron chi connectivity index (χ0n) is 8.61. The molecule has 76 valence electrons. The third-order valence-corrected chi connectivity index (χ3v) is 3.80. The Bertz CT molecular complexity index is 331. The molecule has 0 radical (unpaired) electrons. The fourth-order valence-electron chi connectivity index (χ4n) is 2.75. The molecule has 0 amide bonds. The maximum Gasteiger partial charge on any atom is 0.0945 e. The van der Waals surface area contributed by atoms with Crippen molar-refractivity contribution < 1.29 is 0 Å². The maximum atomic E-state index is 4.12. The zero-order chi connectivity index (χ0) is 9.54. The van der Waals surface area contributed by atoms with Crippen molar-refractivity contribution in [2.24, 2.45) is 18.9 Å². The predicted molar refractivity (Wildman–Crippen MR) is 54.7 cm³/mol. The highest BCUT2D eigenvalue weighted by molar-refractivity contribution is 5.03. The molecule has 1 aromatic heterocycles. The molecule has 0 bridgehead atoms. The molecule has 1 unspecified atom stereocenters. The van der Waals surface area contributed by atoms with Crippen LogP contribution in [0.25, 0.3) is 0 Å². The van der Waals surface area contributed by atoms with Crippen molar-refractivity contribution in [3.8, 4) is 0 Å². The number of nitrogens with zero attached hydrogens (tertiary/aromatic N) is 2. The standard InChI is InChI=1S/C11H17N3/c1-14-7-12-5-9(14)6-13-11-3-2-8-4-10(8)11/h5,7-8,10-11,13H,2-4,6H2,1H3/t8-,10+,11?/m1/s1. The summed E-state index contributed by atoms with van der Waals surface area (Å²) in [5.41, 5.74) is 1.29. The van der Waals surface area contributed by atoms with Crippen molar-refractivity contribution in [2.75, 3.05) is 0 Å². The number of aromatic nitrogens is 2. The van der Waals surface area contributed by atoms with Gasteiger partial charge in [-0.15, -0.1) is 0 Å². The lowest BCUT2D eigenvalue weighted by molar-refractivity contribution is 0.467. The van der Waals surface area contributed by atoms with Crippen LogP contribution in [0.5, 0.6) is 0 Å². The lowest BCUT2D eigenvalue weighted by Gasteiger charge is -2.13. The Morgan fingerprint density at radius 3 is 3.07 bits per heavy atom. The van der Waals surface area contributed by atoms with Crippen molar-refractivity contribution >= 4 is 0 Å². The second-order valence-corrected chi connectivity index (χ2v) is 4.72. The highest BCUT2D eigenvalue weighted by Crippen LogP contribution is 2.51. The van der Waals surface area contributed by atoms with Crippen LogP contribution in [-0.4, -0.2) is 15.6 Å². The van der Waals surface area contributed by atoms with Crippen LogP contribution in [0.4, 0.5) is 0 Å². The Kier molecular flexibility index (Phi) is 1.87. The maximum absolute atomic E-state index is 4.12. The van der Waals surface area contributed by atoms with Gasteiger partial charge in [-0.2, -0.15) is 0 Å². The number of fused-ring (bicyclic) bond motifs is 1. The molecule has 1 aromatic rings. The number of hydrogen-bond donors (Lipinski definition) is 1. The molecular weight excluding hydrogens is 174 g/mol. The van der Waals surface area contributed by atoms with Gasteiger partial charge in [-0.05, 0) is 31.1 Å². The molecule has 2 saturated carbocycles. The number of imidazole rings is 1. The van der Waals surface area contributed by atoms with Gasteiger partial charge in [0.1, 0.15) is 0 Å². The molecule has 0 spiro atoms. The van der Waals surface area contributed by atoms with E-state index in [2.05, 4.69) is 21.9 Å². The summed E-state index contributed by atoms with van der Waals surface area (Å²) in [6, 6.07) is 0.787. The molecule has 0 aromatic carbocycles. The van der Waals surface area contributed by atoms with E-state index >= 15 is 0 Å². The van der Waals surface area contributed by atoms with Crippen molar-refractivity contribution in [2.45, 2.75) is 31.8 Å². The largest absolute Gasteiger partial charge is 0.337 e. The Labute approximate surface area is 84.5 Å². The second kappa shape index (κ2) is 3.09. The van der Waals surface area contributed by atoms with Crippen LogP contribution in [-0.2, 0) is 13.6 Å². The van der Waals surface area contributed by atoms with E-state index in [0.29, 0.717) is 0 Å². The minimum atomic E-state index is 0.787. The molecule has 3 atom stereocenters. The van der Waals surface area contributed by atoms with Crippen LogP contribution in [0.15, 0.2) is 12.5 Å². The van der Waals surface area contributed by atoms with Gasteiger partial charge in [0, 0.05) is 25.8 Å². The van der Waals surface area contributed by atoms with E-state index in [0.717, 1.165) is 24.4 Å². The summed E-state index contributed by atoms with van der Waals surface area (Å²) in [6.07, 6.45) is 8.13. The molecule has 2 aliphatic carbocycles. The monoisotopic (exact) mass is 191 g/mol. The summed E-state index contributed by atoms with van der Waals surface area (Å²) in [7, 11) is 2.05. The van der Waals surface area contributed by atoms with E-state index in [9.17, 15) is 0 Å². The van der Waals surface area contributed by atoms with E-state index < -0.39 is 0 Å². The molecule has 3 rings (SSSR count). The van der Waals surface area contributed by atoms with Crippen LogP contribution in [0, 0.1) is 11.8 Å². The lowest BCUT2D eigenvalue weighted by Crippen LogP contribution is -2.29. The summed E-state index contributed by atoms with van der Waals surface area (Å²) in [5.74, 6) is 2.07. The van der Waals surface area contributed by atoms with Crippen molar-refractivity contribution in [1.82, 2.24) is 14.9 Å². The highest BCUT2D eigenvalue weighted by atomic mass is 15.1. The molecular formula is C11H17N3. The summed E-state index contributed by atoms with van der Waals surface area (Å²) in [5, 5.41) is 3.66. The fraction of sp³-hybridized carbons (Fsp3) is 0.727. The summed E-state index contributed by atoms with van der Waals surface area (Å²) >= 11 is 0. The lowest BCUT2D eigenvalue weighted by atomic mass is 10.2. The summed E-state index contributed by atoms with van der Waals surface area (Å²) in [4.78, 5) is 4.12. The predicted octanol–water partition coefficient (Wildman–Crippen LogP) is 1.31. The summed E-state index contributed by atoms with van der Waals surface area (Å²) in [6.45, 7) is 0.977. The first-order valence-electron chi connectivity index (χ1n) is 5.53. The smallest absolute Gasteiger partial charge is 0.0945 e. The van der Waals surface area contributed by atoms with Crippen molar-refractivity contribution in [3.63, 3.8) is 0 Å². The van der Waals surface area contributed by atoms with Gasteiger partial charge in [-0.3, -0.25) is 0 Å². The van der Waals surface area contributed by atoms with E-state index in [-0.39, 0.29) is 0 Å². The first-order valence-corrected chi connectivity index (χ1v) is 5.53. The van der Waals surface area contributed by atoms with Crippen molar-refractivity contribution in [1.29, 1.82) is 0 Å². The van der Waals surface area contributed by atoms with Gasteiger partial charge in [0.15, 0.2) is 0 Å². The fourth-order valence-corrected chi connectivity index (χ4v) is 2.75. The first-order chi connectivity index (χ1) is 6.84. The van der Waals surface area contributed by atoms with Gasteiger partial charge in [0.05, 0.1) is 12.0 Å². The Morgan fingerprint density at radius 1 is 1.57 bits per heavy atom. The molecule has 1 heterocycles. The summed E-state index contributed by atoms with van der Waals surface area (Å²) < 4.78 is 2.09. The van der Waals surface area contributed by atoms with E-state index in [1.54, 1.807) is 0 Å².